The van der Waals surface area contributed by atoms with Crippen molar-refractivity contribution in [1.82, 2.24) is 9.88 Å². The molecule has 0 N–H and O–H groups in total. The third kappa shape index (κ3) is 4.52. The molecule has 3 heterocycles. The molecule has 0 saturated carbocycles. The first-order chi connectivity index (χ1) is 18.0. The Labute approximate surface area is 220 Å². The fourth-order valence-corrected chi connectivity index (χ4v) is 6.31. The van der Waals surface area contributed by atoms with E-state index in [0.717, 1.165) is 30.0 Å². The summed E-state index contributed by atoms with van der Waals surface area (Å²) in [7, 11) is 4.59. The largest absolute Gasteiger partial charge is 0.493 e. The molecular formula is C28H31N3O5S. The molecule has 1 saturated heterocycles. The number of carbonyl (C=O) groups excluding carboxylic acids is 2. The van der Waals surface area contributed by atoms with Crippen LogP contribution in [-0.4, -0.2) is 62.2 Å². The zero-order chi connectivity index (χ0) is 26.1. The third-order valence-electron chi connectivity index (χ3n) is 7.23. The molecule has 2 aromatic carbocycles. The highest BCUT2D eigenvalue weighted by Gasteiger charge is 2.34. The second kappa shape index (κ2) is 10.4. The van der Waals surface area contributed by atoms with Gasteiger partial charge in [0, 0.05) is 36.1 Å². The van der Waals surface area contributed by atoms with Crippen LogP contribution in [0.3, 0.4) is 0 Å². The lowest BCUT2D eigenvalue weighted by atomic mass is 9.96. The summed E-state index contributed by atoms with van der Waals surface area (Å²) in [6.07, 6.45) is 2.42. The van der Waals surface area contributed by atoms with E-state index in [9.17, 15) is 9.59 Å². The summed E-state index contributed by atoms with van der Waals surface area (Å²) >= 11 is 1.53. The highest BCUT2D eigenvalue weighted by molar-refractivity contribution is 7.10. The van der Waals surface area contributed by atoms with Gasteiger partial charge in [0.25, 0.3) is 11.8 Å². The summed E-state index contributed by atoms with van der Waals surface area (Å²) in [6.45, 7) is 3.27. The molecule has 2 aliphatic heterocycles. The van der Waals surface area contributed by atoms with E-state index in [4.69, 9.17) is 19.2 Å². The highest BCUT2D eigenvalue weighted by atomic mass is 32.1. The molecule has 0 aliphatic carbocycles. The number of piperidine rings is 1. The fourth-order valence-electron chi connectivity index (χ4n) is 5.34. The molecule has 194 valence electrons. The number of fused-ring (bicyclic) bond motifs is 1. The van der Waals surface area contributed by atoms with Crippen LogP contribution in [0.5, 0.6) is 17.2 Å². The second-order valence-corrected chi connectivity index (χ2v) is 10.3. The number of hydrogen-bond acceptors (Lipinski definition) is 7. The Morgan fingerprint density at radius 3 is 2.38 bits per heavy atom. The number of methoxy groups -OCH3 is 3. The van der Waals surface area contributed by atoms with Crippen molar-refractivity contribution >= 4 is 28.8 Å². The molecule has 2 amide bonds. The fraction of sp³-hybridized carbons (Fsp3) is 0.393. The summed E-state index contributed by atoms with van der Waals surface area (Å²) in [5.41, 5.74) is 3.12. The summed E-state index contributed by atoms with van der Waals surface area (Å²) < 4.78 is 16.3. The Morgan fingerprint density at radius 2 is 1.68 bits per heavy atom. The molecule has 8 nitrogen and oxygen atoms in total. The van der Waals surface area contributed by atoms with Gasteiger partial charge in [0.2, 0.25) is 5.75 Å². The van der Waals surface area contributed by atoms with E-state index in [1.807, 2.05) is 33.4 Å². The van der Waals surface area contributed by atoms with Crippen LogP contribution >= 0.6 is 11.3 Å². The Hall–Kier alpha value is -3.59. The highest BCUT2D eigenvalue weighted by Crippen LogP contribution is 2.41. The summed E-state index contributed by atoms with van der Waals surface area (Å²) in [5.74, 6) is 1.35. The van der Waals surface area contributed by atoms with E-state index in [1.54, 1.807) is 19.2 Å². The predicted octanol–water partition coefficient (Wildman–Crippen LogP) is 4.78. The van der Waals surface area contributed by atoms with Crippen LogP contribution in [0.15, 0.2) is 41.8 Å². The molecule has 37 heavy (non-hydrogen) atoms. The number of thiazole rings is 1. The number of likely N-dealkylation sites (tertiary alicyclic amines) is 1. The molecule has 1 fully saturated rings. The van der Waals surface area contributed by atoms with Gasteiger partial charge in [0.15, 0.2) is 11.5 Å². The van der Waals surface area contributed by atoms with Crippen molar-refractivity contribution in [2.45, 2.75) is 38.1 Å². The van der Waals surface area contributed by atoms with E-state index in [0.29, 0.717) is 41.6 Å². The molecule has 3 aromatic rings. The van der Waals surface area contributed by atoms with Gasteiger partial charge in [0.05, 0.1) is 31.9 Å². The lowest BCUT2D eigenvalue weighted by Gasteiger charge is -2.31. The zero-order valence-electron chi connectivity index (χ0n) is 21.5. The molecular weight excluding hydrogens is 490 g/mol. The average molecular weight is 522 g/mol. The minimum atomic E-state index is -0.104. The minimum Gasteiger partial charge on any atom is -0.493 e. The standard InChI is InChI=1S/C28H31N3O5S/c1-17-15-19-7-5-6-8-22(19)31(17)28(33)21-16-37-26(29-21)18-11-13-30(14-12-18)27(32)20-9-10-23(34-2)25(36-4)24(20)35-3/h5-10,16-18H,11-15H2,1-4H3. The van der Waals surface area contributed by atoms with Gasteiger partial charge in [-0.1, -0.05) is 18.2 Å². The van der Waals surface area contributed by atoms with E-state index in [2.05, 4.69) is 13.0 Å². The van der Waals surface area contributed by atoms with E-state index in [1.165, 1.54) is 31.1 Å². The van der Waals surface area contributed by atoms with Gasteiger partial charge in [-0.3, -0.25) is 9.59 Å². The molecule has 1 atom stereocenters. The van der Waals surface area contributed by atoms with Crippen LogP contribution in [0.1, 0.15) is 57.1 Å². The second-order valence-electron chi connectivity index (χ2n) is 9.38. The van der Waals surface area contributed by atoms with Crippen LogP contribution < -0.4 is 19.1 Å². The van der Waals surface area contributed by atoms with Crippen LogP contribution in [-0.2, 0) is 6.42 Å². The molecule has 9 heteroatoms. The number of ether oxygens (including phenoxy) is 3. The van der Waals surface area contributed by atoms with Crippen LogP contribution in [0, 0.1) is 0 Å². The first-order valence-electron chi connectivity index (χ1n) is 12.4. The lowest BCUT2D eigenvalue weighted by molar-refractivity contribution is 0.0708. The van der Waals surface area contributed by atoms with E-state index < -0.39 is 0 Å². The maximum Gasteiger partial charge on any atom is 0.278 e. The van der Waals surface area contributed by atoms with Gasteiger partial charge in [-0.25, -0.2) is 4.98 Å². The number of amides is 2. The topological polar surface area (TPSA) is 81.2 Å². The van der Waals surface area contributed by atoms with Gasteiger partial charge >= 0.3 is 0 Å². The molecule has 0 bridgehead atoms. The molecule has 0 spiro atoms. The zero-order valence-corrected chi connectivity index (χ0v) is 22.3. The lowest BCUT2D eigenvalue weighted by Crippen LogP contribution is -2.38. The van der Waals surface area contributed by atoms with E-state index >= 15 is 0 Å². The predicted molar refractivity (Wildman–Crippen MR) is 143 cm³/mol. The molecule has 1 aromatic heterocycles. The third-order valence-corrected chi connectivity index (χ3v) is 8.24. The SMILES string of the molecule is COc1ccc(C(=O)N2CCC(c3nc(C(=O)N4c5ccccc5CC4C)cs3)CC2)c(OC)c1OC. The van der Waals surface area contributed by atoms with Crippen molar-refractivity contribution in [2.75, 3.05) is 39.3 Å². The monoisotopic (exact) mass is 521 g/mol. The van der Waals surface area contributed by atoms with Crippen molar-refractivity contribution in [3.63, 3.8) is 0 Å². The average Bonchev–Trinajstić information content (AvgIpc) is 3.56. The van der Waals surface area contributed by atoms with Crippen LogP contribution in [0.4, 0.5) is 5.69 Å². The quantitative estimate of drug-likeness (QED) is 0.464. The van der Waals surface area contributed by atoms with Crippen molar-refractivity contribution < 1.29 is 23.8 Å². The Kier molecular flexibility index (Phi) is 7.06. The summed E-state index contributed by atoms with van der Waals surface area (Å²) in [6, 6.07) is 11.6. The number of rotatable bonds is 6. The smallest absolute Gasteiger partial charge is 0.278 e. The molecule has 1 unspecified atom stereocenters. The number of hydrogen-bond donors (Lipinski definition) is 0. The normalized spacial score (nSPS) is 17.5. The van der Waals surface area contributed by atoms with Gasteiger partial charge < -0.3 is 24.0 Å². The van der Waals surface area contributed by atoms with Crippen molar-refractivity contribution in [3.8, 4) is 17.2 Å². The number of anilines is 1. The maximum atomic E-state index is 13.4. The number of carbonyl (C=O) groups is 2. The van der Waals surface area contributed by atoms with Crippen molar-refractivity contribution in [1.29, 1.82) is 0 Å². The number of aromatic nitrogens is 1. The van der Waals surface area contributed by atoms with Gasteiger partial charge in [-0.15, -0.1) is 11.3 Å². The number of benzene rings is 2. The van der Waals surface area contributed by atoms with Gasteiger partial charge in [0.1, 0.15) is 5.69 Å². The first kappa shape index (κ1) is 25.1. The van der Waals surface area contributed by atoms with Crippen molar-refractivity contribution in [3.05, 3.63) is 63.6 Å². The van der Waals surface area contributed by atoms with Crippen LogP contribution in [0.25, 0.3) is 0 Å². The summed E-state index contributed by atoms with van der Waals surface area (Å²) in [4.78, 5) is 35.2. The number of para-hydroxylation sites is 1. The molecule has 2 aliphatic rings. The first-order valence-corrected chi connectivity index (χ1v) is 13.3. The minimum absolute atomic E-state index is 0.0480. The van der Waals surface area contributed by atoms with Gasteiger partial charge in [-0.2, -0.15) is 0 Å². The Morgan fingerprint density at radius 1 is 0.946 bits per heavy atom. The molecule has 0 radical (unpaired) electrons. The molecule has 5 rings (SSSR count). The van der Waals surface area contributed by atoms with Gasteiger partial charge in [-0.05, 0) is 49.9 Å². The Bertz CT molecular complexity index is 1310. The number of nitrogens with zero attached hydrogens (tertiary/aromatic N) is 3. The Balaban J connectivity index is 1.26. The van der Waals surface area contributed by atoms with E-state index in [-0.39, 0.29) is 23.8 Å². The van der Waals surface area contributed by atoms with Crippen molar-refractivity contribution in [2.24, 2.45) is 0 Å². The maximum absolute atomic E-state index is 13.4. The van der Waals surface area contributed by atoms with Crippen LogP contribution in [0.2, 0.25) is 0 Å². The summed E-state index contributed by atoms with van der Waals surface area (Å²) in [5, 5.41) is 2.83.